The van der Waals surface area contributed by atoms with Gasteiger partial charge in [0.15, 0.2) is 0 Å². The molecule has 0 rings (SSSR count). The van der Waals surface area contributed by atoms with E-state index in [2.05, 4.69) is 28.6 Å². The monoisotopic (exact) mass is 422 g/mol. The van der Waals surface area contributed by atoms with E-state index < -0.39 is 41.8 Å². The van der Waals surface area contributed by atoms with E-state index >= 15 is 0 Å². The molecular weight excluding hydrogens is 392 g/mol. The minimum absolute atomic E-state index is 0.116. The Morgan fingerprint density at radius 1 is 1.11 bits per heavy atom. The Hall–Kier alpha value is -1.46. The normalized spacial score (nSPS) is 14.1. The number of carbonyl (C=O) groups excluding carboxylic acids is 3. The van der Waals surface area contributed by atoms with E-state index in [9.17, 15) is 19.2 Å². The molecule has 0 aromatic heterocycles. The third-order valence-corrected chi connectivity index (χ3v) is 4.58. The number of thioether (sulfide) groups is 1. The molecule has 0 aliphatic carbocycles. The molecule has 0 radical (unpaired) electrons. The molecule has 3 unspecified atom stereocenters. The second kappa shape index (κ2) is 13.7. The van der Waals surface area contributed by atoms with Gasteiger partial charge in [-0.1, -0.05) is 13.8 Å². The third-order valence-electron chi connectivity index (χ3n) is 3.54. The molecular formula is C16H30N4O5S2. The number of aliphatic carboxylic acids is 1. The summed E-state index contributed by atoms with van der Waals surface area (Å²) in [4.78, 5) is 47.3. The predicted octanol–water partition coefficient (Wildman–Crippen LogP) is -0.787. The number of carbonyl (C=O) groups is 4. The summed E-state index contributed by atoms with van der Waals surface area (Å²) in [6.45, 7) is 3.40. The van der Waals surface area contributed by atoms with Crippen LogP contribution in [0.1, 0.15) is 26.7 Å². The molecule has 3 atom stereocenters. The maximum Gasteiger partial charge on any atom is 0.326 e. The summed E-state index contributed by atoms with van der Waals surface area (Å²) >= 11 is 5.42. The van der Waals surface area contributed by atoms with Crippen LogP contribution in [0.5, 0.6) is 0 Å². The molecule has 0 aromatic rings. The Bertz CT molecular complexity index is 519. The van der Waals surface area contributed by atoms with E-state index in [0.717, 1.165) is 0 Å². The number of carboxylic acid groups (broad SMARTS) is 1. The van der Waals surface area contributed by atoms with Crippen molar-refractivity contribution in [3.63, 3.8) is 0 Å². The zero-order valence-electron chi connectivity index (χ0n) is 15.9. The van der Waals surface area contributed by atoms with E-state index in [0.29, 0.717) is 12.2 Å². The first-order valence-electron chi connectivity index (χ1n) is 8.57. The number of carboxylic acids is 1. The summed E-state index contributed by atoms with van der Waals surface area (Å²) in [6.07, 6.45) is 2.48. The Morgan fingerprint density at radius 3 is 2.22 bits per heavy atom. The van der Waals surface area contributed by atoms with Crippen LogP contribution in [-0.4, -0.2) is 71.2 Å². The van der Waals surface area contributed by atoms with Gasteiger partial charge in [0.25, 0.3) is 0 Å². The van der Waals surface area contributed by atoms with Gasteiger partial charge in [0.1, 0.15) is 12.1 Å². The van der Waals surface area contributed by atoms with E-state index in [4.69, 9.17) is 10.8 Å². The fourth-order valence-corrected chi connectivity index (χ4v) is 2.73. The van der Waals surface area contributed by atoms with Crippen molar-refractivity contribution < 1.29 is 24.3 Å². The van der Waals surface area contributed by atoms with Gasteiger partial charge in [-0.05, 0) is 30.8 Å². The first-order chi connectivity index (χ1) is 12.6. The van der Waals surface area contributed by atoms with Crippen LogP contribution >= 0.6 is 24.4 Å². The van der Waals surface area contributed by atoms with Gasteiger partial charge in [-0.25, -0.2) is 4.79 Å². The van der Waals surface area contributed by atoms with E-state index in [1.807, 2.05) is 20.1 Å². The summed E-state index contributed by atoms with van der Waals surface area (Å²) in [6, 6.07) is -2.70. The highest BCUT2D eigenvalue weighted by atomic mass is 32.2. The molecule has 9 nitrogen and oxygen atoms in total. The lowest BCUT2D eigenvalue weighted by Gasteiger charge is -2.22. The van der Waals surface area contributed by atoms with Crippen molar-refractivity contribution in [3.8, 4) is 0 Å². The van der Waals surface area contributed by atoms with Crippen LogP contribution in [0.2, 0.25) is 0 Å². The van der Waals surface area contributed by atoms with Crippen molar-refractivity contribution in [2.45, 2.75) is 44.8 Å². The SMILES string of the molecule is CSCCC(NC(=O)CNC(=O)C(CC(C)C)NC(=O)C(N)CS)C(=O)O. The molecule has 0 heterocycles. The summed E-state index contributed by atoms with van der Waals surface area (Å²) in [5, 5.41) is 16.5. The lowest BCUT2D eigenvalue weighted by atomic mass is 10.0. The summed E-state index contributed by atoms with van der Waals surface area (Å²) in [5.74, 6) is -1.94. The number of nitrogens with two attached hydrogens (primary N) is 1. The summed E-state index contributed by atoms with van der Waals surface area (Å²) in [5.41, 5.74) is 5.60. The molecule has 0 saturated carbocycles. The number of thiol groups is 1. The number of rotatable bonds is 13. The topological polar surface area (TPSA) is 151 Å². The Labute approximate surface area is 169 Å². The minimum Gasteiger partial charge on any atom is -0.480 e. The quantitative estimate of drug-likeness (QED) is 0.213. The highest BCUT2D eigenvalue weighted by Crippen LogP contribution is 2.05. The molecule has 0 aliphatic heterocycles. The zero-order chi connectivity index (χ0) is 21.0. The molecule has 0 aromatic carbocycles. The molecule has 27 heavy (non-hydrogen) atoms. The average molecular weight is 423 g/mol. The number of nitrogens with one attached hydrogen (secondary N) is 3. The van der Waals surface area contributed by atoms with Crippen LogP contribution in [0.3, 0.4) is 0 Å². The van der Waals surface area contributed by atoms with Gasteiger partial charge >= 0.3 is 5.97 Å². The first-order valence-corrected chi connectivity index (χ1v) is 10.6. The lowest BCUT2D eigenvalue weighted by Crippen LogP contribution is -2.54. The maximum absolute atomic E-state index is 12.3. The van der Waals surface area contributed by atoms with E-state index in [-0.39, 0.29) is 24.6 Å². The second-order valence-corrected chi connectivity index (χ2v) is 7.79. The number of amides is 3. The molecule has 0 fully saturated rings. The highest BCUT2D eigenvalue weighted by Gasteiger charge is 2.25. The molecule has 11 heteroatoms. The molecule has 156 valence electrons. The van der Waals surface area contributed by atoms with Gasteiger partial charge in [-0.2, -0.15) is 24.4 Å². The Balaban J connectivity index is 4.71. The standard InChI is InChI=1S/C16H30N4O5S2/c1-9(2)6-12(20-14(22)10(17)8-26)15(23)18-7-13(21)19-11(16(24)25)4-5-27-3/h9-12,26H,4-8,17H2,1-3H3,(H,18,23)(H,19,21)(H,20,22)(H,24,25). The molecule has 0 bridgehead atoms. The van der Waals surface area contributed by atoms with Crippen LogP contribution < -0.4 is 21.7 Å². The van der Waals surface area contributed by atoms with Crippen molar-refractivity contribution in [1.29, 1.82) is 0 Å². The maximum atomic E-state index is 12.3. The lowest BCUT2D eigenvalue weighted by molar-refractivity contribution is -0.141. The Morgan fingerprint density at radius 2 is 1.74 bits per heavy atom. The van der Waals surface area contributed by atoms with Crippen LogP contribution in [-0.2, 0) is 19.2 Å². The smallest absolute Gasteiger partial charge is 0.326 e. The van der Waals surface area contributed by atoms with Crippen LogP contribution in [0.25, 0.3) is 0 Å². The number of hydrogen-bond donors (Lipinski definition) is 6. The van der Waals surface area contributed by atoms with E-state index in [1.54, 1.807) is 0 Å². The van der Waals surface area contributed by atoms with Gasteiger partial charge in [-0.15, -0.1) is 0 Å². The van der Waals surface area contributed by atoms with Crippen molar-refractivity contribution >= 4 is 48.1 Å². The molecule has 0 saturated heterocycles. The molecule has 6 N–H and O–H groups in total. The summed E-state index contributed by atoms with van der Waals surface area (Å²) in [7, 11) is 0. The van der Waals surface area contributed by atoms with Gasteiger partial charge in [0.2, 0.25) is 17.7 Å². The van der Waals surface area contributed by atoms with Crippen LogP contribution in [0, 0.1) is 5.92 Å². The molecule has 3 amide bonds. The van der Waals surface area contributed by atoms with Crippen LogP contribution in [0.15, 0.2) is 0 Å². The highest BCUT2D eigenvalue weighted by molar-refractivity contribution is 7.98. The predicted molar refractivity (Wildman–Crippen MR) is 109 cm³/mol. The van der Waals surface area contributed by atoms with Crippen molar-refractivity contribution in [2.24, 2.45) is 11.7 Å². The minimum atomic E-state index is -1.13. The van der Waals surface area contributed by atoms with Gasteiger partial charge < -0.3 is 26.8 Å². The zero-order valence-corrected chi connectivity index (χ0v) is 17.6. The van der Waals surface area contributed by atoms with Crippen LogP contribution in [0.4, 0.5) is 0 Å². The fourth-order valence-electron chi connectivity index (χ4n) is 2.09. The van der Waals surface area contributed by atoms with Gasteiger partial charge in [0, 0.05) is 5.75 Å². The number of hydrogen-bond acceptors (Lipinski definition) is 7. The molecule has 0 aliphatic rings. The Kier molecular flexibility index (Phi) is 12.9. The largest absolute Gasteiger partial charge is 0.480 e. The van der Waals surface area contributed by atoms with Gasteiger partial charge in [0.05, 0.1) is 12.6 Å². The first kappa shape index (κ1) is 25.5. The van der Waals surface area contributed by atoms with E-state index in [1.165, 1.54) is 11.8 Å². The average Bonchev–Trinajstić information content (AvgIpc) is 2.60. The van der Waals surface area contributed by atoms with Crippen molar-refractivity contribution in [1.82, 2.24) is 16.0 Å². The van der Waals surface area contributed by atoms with Crippen molar-refractivity contribution in [3.05, 3.63) is 0 Å². The third kappa shape index (κ3) is 11.1. The summed E-state index contributed by atoms with van der Waals surface area (Å²) < 4.78 is 0. The molecule has 0 spiro atoms. The second-order valence-electron chi connectivity index (χ2n) is 6.44. The van der Waals surface area contributed by atoms with Gasteiger partial charge in [-0.3, -0.25) is 14.4 Å². The fraction of sp³-hybridized carbons (Fsp3) is 0.750. The van der Waals surface area contributed by atoms with Crippen molar-refractivity contribution in [2.75, 3.05) is 24.3 Å².